The third-order valence-electron chi connectivity index (χ3n) is 1.71. The summed E-state index contributed by atoms with van der Waals surface area (Å²) in [5, 5.41) is 11.8. The molecule has 2 atom stereocenters. The first-order chi connectivity index (χ1) is 7.13. The van der Waals surface area contributed by atoms with Gasteiger partial charge >= 0.3 is 5.97 Å². The zero-order valence-corrected chi connectivity index (χ0v) is 10.1. The molecule has 2 unspecified atom stereocenters. The first-order valence-electron chi connectivity index (χ1n) is 5.07. The molecule has 0 saturated carbocycles. The number of amides is 1. The van der Waals surface area contributed by atoms with Crippen LogP contribution in [0.2, 0.25) is 0 Å². The summed E-state index contributed by atoms with van der Waals surface area (Å²) in [6, 6.07) is -0.603. The fourth-order valence-corrected chi connectivity index (χ4v) is 0.862. The van der Waals surface area contributed by atoms with Crippen LogP contribution in [0, 0.1) is 0 Å². The average Bonchev–Trinajstić information content (AvgIpc) is 2.10. The summed E-state index contributed by atoms with van der Waals surface area (Å²) in [5.74, 6) is -1.27. The summed E-state index contributed by atoms with van der Waals surface area (Å²) in [7, 11) is 0. The van der Waals surface area contributed by atoms with E-state index in [0.717, 1.165) is 0 Å². The molecule has 0 aliphatic carbocycles. The molecule has 6 heteroatoms. The van der Waals surface area contributed by atoms with Gasteiger partial charge in [-0.15, -0.1) is 0 Å². The SMILES string of the molecule is CC(NCC(O)C(N)=O)C(=O)OC(C)(C)C. The first kappa shape index (κ1) is 14.9. The van der Waals surface area contributed by atoms with Crippen LogP contribution in [0.5, 0.6) is 0 Å². The molecule has 0 aliphatic heterocycles. The number of hydrogen-bond acceptors (Lipinski definition) is 5. The lowest BCUT2D eigenvalue weighted by molar-refractivity contribution is -0.157. The topological polar surface area (TPSA) is 102 Å². The van der Waals surface area contributed by atoms with Crippen molar-refractivity contribution in [3.63, 3.8) is 0 Å². The van der Waals surface area contributed by atoms with Crippen molar-refractivity contribution in [3.8, 4) is 0 Å². The Kier molecular flexibility index (Phi) is 5.40. The van der Waals surface area contributed by atoms with E-state index in [-0.39, 0.29) is 6.54 Å². The van der Waals surface area contributed by atoms with E-state index in [2.05, 4.69) is 5.32 Å². The fourth-order valence-electron chi connectivity index (χ4n) is 0.862. The van der Waals surface area contributed by atoms with E-state index >= 15 is 0 Å². The summed E-state index contributed by atoms with van der Waals surface area (Å²) in [4.78, 5) is 22.0. The van der Waals surface area contributed by atoms with Gasteiger partial charge in [0.05, 0.1) is 0 Å². The second-order valence-corrected chi connectivity index (χ2v) is 4.58. The lowest BCUT2D eigenvalue weighted by Gasteiger charge is -2.23. The van der Waals surface area contributed by atoms with Gasteiger partial charge in [0, 0.05) is 6.54 Å². The van der Waals surface area contributed by atoms with Gasteiger partial charge in [-0.3, -0.25) is 9.59 Å². The van der Waals surface area contributed by atoms with Crippen molar-refractivity contribution in [2.45, 2.75) is 45.4 Å². The Bertz CT molecular complexity index is 260. The number of ether oxygens (including phenoxy) is 1. The molecule has 0 aromatic rings. The number of nitrogens with two attached hydrogens (primary N) is 1. The molecular weight excluding hydrogens is 212 g/mol. The van der Waals surface area contributed by atoms with Gasteiger partial charge in [-0.05, 0) is 27.7 Å². The third-order valence-corrected chi connectivity index (χ3v) is 1.71. The van der Waals surface area contributed by atoms with Crippen LogP contribution in [0.4, 0.5) is 0 Å². The van der Waals surface area contributed by atoms with Gasteiger partial charge in [0.15, 0.2) is 0 Å². The van der Waals surface area contributed by atoms with Gasteiger partial charge in [0.1, 0.15) is 17.7 Å². The van der Waals surface area contributed by atoms with Crippen molar-refractivity contribution in [2.24, 2.45) is 5.73 Å². The lowest BCUT2D eigenvalue weighted by Crippen LogP contribution is -2.45. The van der Waals surface area contributed by atoms with Gasteiger partial charge < -0.3 is 20.9 Å². The van der Waals surface area contributed by atoms with Gasteiger partial charge in [0.25, 0.3) is 0 Å². The molecule has 6 nitrogen and oxygen atoms in total. The number of primary amides is 1. The molecule has 16 heavy (non-hydrogen) atoms. The van der Waals surface area contributed by atoms with Gasteiger partial charge in [-0.1, -0.05) is 0 Å². The third kappa shape index (κ3) is 6.36. The molecule has 0 aromatic carbocycles. The molecular formula is C10H20N2O4. The number of aliphatic hydroxyl groups is 1. The molecule has 0 aromatic heterocycles. The highest BCUT2D eigenvalue weighted by atomic mass is 16.6. The van der Waals surface area contributed by atoms with Crippen LogP contribution < -0.4 is 11.1 Å². The highest BCUT2D eigenvalue weighted by Crippen LogP contribution is 2.08. The van der Waals surface area contributed by atoms with Gasteiger partial charge in [-0.25, -0.2) is 0 Å². The molecule has 94 valence electrons. The lowest BCUT2D eigenvalue weighted by atomic mass is 10.2. The minimum atomic E-state index is -1.30. The number of rotatable bonds is 5. The molecule has 0 spiro atoms. The number of aliphatic hydroxyl groups excluding tert-OH is 1. The van der Waals surface area contributed by atoms with Crippen LogP contribution in [0.3, 0.4) is 0 Å². The molecule has 0 bridgehead atoms. The largest absolute Gasteiger partial charge is 0.459 e. The Balaban J connectivity index is 4.02. The second kappa shape index (κ2) is 5.81. The van der Waals surface area contributed by atoms with Crippen LogP contribution in [-0.2, 0) is 14.3 Å². The molecule has 0 saturated heterocycles. The molecule has 0 rings (SSSR count). The summed E-state index contributed by atoms with van der Waals surface area (Å²) in [6.45, 7) is 6.79. The Morgan fingerprint density at radius 1 is 1.44 bits per heavy atom. The van der Waals surface area contributed by atoms with Gasteiger partial charge in [0.2, 0.25) is 5.91 Å². The summed E-state index contributed by atoms with van der Waals surface area (Å²) < 4.78 is 5.09. The van der Waals surface area contributed by atoms with Crippen LogP contribution in [0.25, 0.3) is 0 Å². The van der Waals surface area contributed by atoms with E-state index in [1.54, 1.807) is 27.7 Å². The number of esters is 1. The van der Waals surface area contributed by atoms with Crippen LogP contribution >= 0.6 is 0 Å². The van der Waals surface area contributed by atoms with Gasteiger partial charge in [-0.2, -0.15) is 0 Å². The van der Waals surface area contributed by atoms with Crippen molar-refractivity contribution in [2.75, 3.05) is 6.54 Å². The Morgan fingerprint density at radius 2 is 1.94 bits per heavy atom. The maximum Gasteiger partial charge on any atom is 0.323 e. The highest BCUT2D eigenvalue weighted by molar-refractivity contribution is 5.79. The predicted octanol–water partition coefficient (Wildman–Crippen LogP) is -0.848. The quantitative estimate of drug-likeness (QED) is 0.536. The van der Waals surface area contributed by atoms with E-state index in [9.17, 15) is 9.59 Å². The summed E-state index contributed by atoms with van der Waals surface area (Å²) in [5.41, 5.74) is 4.29. The first-order valence-corrected chi connectivity index (χ1v) is 5.07. The normalized spacial score (nSPS) is 15.3. The molecule has 4 N–H and O–H groups in total. The van der Waals surface area contributed by atoms with E-state index in [1.807, 2.05) is 0 Å². The van der Waals surface area contributed by atoms with E-state index in [1.165, 1.54) is 0 Å². The van der Waals surface area contributed by atoms with Crippen molar-refractivity contribution >= 4 is 11.9 Å². The average molecular weight is 232 g/mol. The Labute approximate surface area is 95.1 Å². The summed E-state index contributed by atoms with van der Waals surface area (Å²) in [6.07, 6.45) is -1.30. The number of carbonyl (C=O) groups excluding carboxylic acids is 2. The van der Waals surface area contributed by atoms with Crippen molar-refractivity contribution < 1.29 is 19.4 Å². The molecule has 0 radical (unpaired) electrons. The minimum Gasteiger partial charge on any atom is -0.459 e. The predicted molar refractivity (Wildman–Crippen MR) is 58.5 cm³/mol. The minimum absolute atomic E-state index is 0.0737. The maximum absolute atomic E-state index is 11.5. The van der Waals surface area contributed by atoms with Crippen molar-refractivity contribution in [1.29, 1.82) is 0 Å². The Morgan fingerprint density at radius 3 is 2.31 bits per heavy atom. The smallest absolute Gasteiger partial charge is 0.323 e. The highest BCUT2D eigenvalue weighted by Gasteiger charge is 2.22. The second-order valence-electron chi connectivity index (χ2n) is 4.58. The summed E-state index contributed by atoms with van der Waals surface area (Å²) >= 11 is 0. The Hall–Kier alpha value is -1.14. The molecule has 0 aliphatic rings. The zero-order valence-electron chi connectivity index (χ0n) is 10.1. The number of hydrogen-bond donors (Lipinski definition) is 3. The van der Waals surface area contributed by atoms with E-state index in [0.29, 0.717) is 0 Å². The van der Waals surface area contributed by atoms with E-state index in [4.69, 9.17) is 15.6 Å². The molecule has 0 fully saturated rings. The van der Waals surface area contributed by atoms with Crippen LogP contribution in [-0.4, -0.2) is 41.3 Å². The van der Waals surface area contributed by atoms with Crippen LogP contribution in [0.1, 0.15) is 27.7 Å². The van der Waals surface area contributed by atoms with E-state index < -0.39 is 29.6 Å². The maximum atomic E-state index is 11.5. The fraction of sp³-hybridized carbons (Fsp3) is 0.800. The molecule has 0 heterocycles. The number of carbonyl (C=O) groups is 2. The van der Waals surface area contributed by atoms with Crippen molar-refractivity contribution in [3.05, 3.63) is 0 Å². The van der Waals surface area contributed by atoms with Crippen molar-refractivity contribution in [1.82, 2.24) is 5.32 Å². The van der Waals surface area contributed by atoms with Crippen LogP contribution in [0.15, 0.2) is 0 Å². The number of nitrogens with one attached hydrogen (secondary N) is 1. The monoisotopic (exact) mass is 232 g/mol. The molecule has 1 amide bonds. The zero-order chi connectivity index (χ0) is 12.9. The standard InChI is InChI=1S/C10H20N2O4/c1-6(9(15)16-10(2,3)4)12-5-7(13)8(11)14/h6-7,12-13H,5H2,1-4H3,(H2,11,14).